The van der Waals surface area contributed by atoms with Crippen molar-refractivity contribution in [2.75, 3.05) is 6.61 Å². The highest BCUT2D eigenvalue weighted by molar-refractivity contribution is 7.89. The van der Waals surface area contributed by atoms with Crippen LogP contribution < -0.4 is 4.72 Å². The van der Waals surface area contributed by atoms with Gasteiger partial charge in [-0.05, 0) is 31.4 Å². The molecule has 4 nitrogen and oxygen atoms in total. The maximum absolute atomic E-state index is 12.8. The molecular formula is C18H21NO3S. The molecule has 23 heavy (non-hydrogen) atoms. The molecule has 1 aliphatic heterocycles. The molecule has 2 aromatic rings. The largest absolute Gasteiger partial charge is 0.377 e. The van der Waals surface area contributed by atoms with Crippen LogP contribution in [0.2, 0.25) is 0 Å². The molecule has 5 heteroatoms. The monoisotopic (exact) mass is 331 g/mol. The predicted octanol–water partition coefficient (Wildman–Crippen LogP) is 3.20. The van der Waals surface area contributed by atoms with Crippen molar-refractivity contribution in [3.05, 3.63) is 54.6 Å². The van der Waals surface area contributed by atoms with E-state index < -0.39 is 10.0 Å². The standard InChI is InChI=1S/C18H21NO3S/c1-14(17-11-7-13-22-17)19-23(20,21)18-12-6-5-10-16(18)15-8-3-2-4-9-15/h2-6,8-10,12,14,17,19H,7,11,13H2,1H3. The third-order valence-corrected chi connectivity index (χ3v) is 5.74. The molecule has 1 saturated heterocycles. The fourth-order valence-corrected chi connectivity index (χ4v) is 4.44. The number of sulfonamides is 1. The minimum absolute atomic E-state index is 0.0475. The SMILES string of the molecule is CC(NS(=O)(=O)c1ccccc1-c1ccccc1)C1CCCO1. The Morgan fingerprint density at radius 3 is 2.48 bits per heavy atom. The fraction of sp³-hybridized carbons (Fsp3) is 0.333. The zero-order valence-electron chi connectivity index (χ0n) is 13.1. The molecular weight excluding hydrogens is 310 g/mol. The van der Waals surface area contributed by atoms with Gasteiger partial charge in [-0.15, -0.1) is 0 Å². The van der Waals surface area contributed by atoms with Gasteiger partial charge in [-0.3, -0.25) is 0 Å². The van der Waals surface area contributed by atoms with E-state index in [9.17, 15) is 8.42 Å². The average molecular weight is 331 g/mol. The minimum atomic E-state index is -3.61. The lowest BCUT2D eigenvalue weighted by molar-refractivity contribution is 0.0902. The number of hydrogen-bond donors (Lipinski definition) is 1. The molecule has 1 N–H and O–H groups in total. The van der Waals surface area contributed by atoms with Crippen LogP contribution >= 0.6 is 0 Å². The van der Waals surface area contributed by atoms with Gasteiger partial charge in [0.1, 0.15) is 0 Å². The molecule has 0 amide bonds. The molecule has 0 radical (unpaired) electrons. The van der Waals surface area contributed by atoms with E-state index in [1.807, 2.05) is 49.4 Å². The third-order valence-electron chi connectivity index (χ3n) is 4.12. The zero-order chi connectivity index (χ0) is 16.3. The van der Waals surface area contributed by atoms with E-state index in [4.69, 9.17) is 4.74 Å². The molecule has 0 spiro atoms. The molecule has 0 aromatic heterocycles. The molecule has 0 saturated carbocycles. The van der Waals surface area contributed by atoms with Crippen LogP contribution in [-0.2, 0) is 14.8 Å². The van der Waals surface area contributed by atoms with Crippen LogP contribution in [0.25, 0.3) is 11.1 Å². The normalized spacial score (nSPS) is 19.6. The lowest BCUT2D eigenvalue weighted by Crippen LogP contribution is -2.40. The molecule has 2 atom stereocenters. The Morgan fingerprint density at radius 1 is 1.09 bits per heavy atom. The molecule has 1 aliphatic rings. The Balaban J connectivity index is 1.91. The maximum atomic E-state index is 12.8. The first-order valence-corrected chi connectivity index (χ1v) is 9.34. The Morgan fingerprint density at radius 2 is 1.78 bits per heavy atom. The van der Waals surface area contributed by atoms with Crippen molar-refractivity contribution in [3.8, 4) is 11.1 Å². The van der Waals surface area contributed by atoms with E-state index in [0.717, 1.165) is 18.4 Å². The van der Waals surface area contributed by atoms with E-state index in [0.29, 0.717) is 17.1 Å². The first-order valence-electron chi connectivity index (χ1n) is 7.86. The third kappa shape index (κ3) is 3.63. The van der Waals surface area contributed by atoms with Crippen LogP contribution in [0.1, 0.15) is 19.8 Å². The van der Waals surface area contributed by atoms with Gasteiger partial charge in [0.15, 0.2) is 0 Å². The van der Waals surface area contributed by atoms with Crippen molar-refractivity contribution in [1.29, 1.82) is 0 Å². The summed E-state index contributed by atoms with van der Waals surface area (Å²) in [6.45, 7) is 2.57. The van der Waals surface area contributed by atoms with Gasteiger partial charge < -0.3 is 4.74 Å². The number of rotatable bonds is 5. The van der Waals surface area contributed by atoms with Gasteiger partial charge in [-0.2, -0.15) is 0 Å². The van der Waals surface area contributed by atoms with E-state index >= 15 is 0 Å². The molecule has 122 valence electrons. The van der Waals surface area contributed by atoms with Gasteiger partial charge in [0, 0.05) is 18.2 Å². The summed E-state index contributed by atoms with van der Waals surface area (Å²) in [6, 6.07) is 16.4. The lowest BCUT2D eigenvalue weighted by atomic mass is 10.1. The van der Waals surface area contributed by atoms with Gasteiger partial charge in [-0.25, -0.2) is 13.1 Å². The van der Waals surface area contributed by atoms with E-state index in [1.165, 1.54) is 0 Å². The molecule has 0 aliphatic carbocycles. The Kier molecular flexibility index (Phi) is 4.80. The topological polar surface area (TPSA) is 55.4 Å². The van der Waals surface area contributed by atoms with Gasteiger partial charge >= 0.3 is 0 Å². The zero-order valence-corrected chi connectivity index (χ0v) is 13.9. The van der Waals surface area contributed by atoms with Crippen LogP contribution in [0.3, 0.4) is 0 Å². The summed E-state index contributed by atoms with van der Waals surface area (Å²) in [6.07, 6.45) is 1.83. The van der Waals surface area contributed by atoms with Crippen molar-refractivity contribution in [3.63, 3.8) is 0 Å². The van der Waals surface area contributed by atoms with Crippen molar-refractivity contribution < 1.29 is 13.2 Å². The predicted molar refractivity (Wildman–Crippen MR) is 90.6 cm³/mol. The summed E-state index contributed by atoms with van der Waals surface area (Å²) in [4.78, 5) is 0.302. The lowest BCUT2D eigenvalue weighted by Gasteiger charge is -2.21. The van der Waals surface area contributed by atoms with Crippen LogP contribution in [0, 0.1) is 0 Å². The van der Waals surface area contributed by atoms with Gasteiger partial charge in [0.25, 0.3) is 0 Å². The molecule has 1 heterocycles. The summed E-state index contributed by atoms with van der Waals surface area (Å²) in [5, 5.41) is 0. The first kappa shape index (κ1) is 16.2. The quantitative estimate of drug-likeness (QED) is 0.915. The van der Waals surface area contributed by atoms with Crippen LogP contribution in [0.15, 0.2) is 59.5 Å². The highest BCUT2D eigenvalue weighted by Crippen LogP contribution is 2.27. The molecule has 3 rings (SSSR count). The van der Waals surface area contributed by atoms with E-state index in [-0.39, 0.29) is 12.1 Å². The fourth-order valence-electron chi connectivity index (χ4n) is 2.94. The number of benzene rings is 2. The Labute approximate surface area is 137 Å². The van der Waals surface area contributed by atoms with Gasteiger partial charge in [0.2, 0.25) is 10.0 Å². The number of hydrogen-bond acceptors (Lipinski definition) is 3. The van der Waals surface area contributed by atoms with Crippen molar-refractivity contribution >= 4 is 10.0 Å². The highest BCUT2D eigenvalue weighted by Gasteiger charge is 2.28. The molecule has 2 aromatic carbocycles. The second kappa shape index (κ2) is 6.83. The van der Waals surface area contributed by atoms with Crippen molar-refractivity contribution in [2.45, 2.75) is 36.8 Å². The maximum Gasteiger partial charge on any atom is 0.241 e. The van der Waals surface area contributed by atoms with E-state index in [2.05, 4.69) is 4.72 Å². The number of nitrogens with one attached hydrogen (secondary N) is 1. The molecule has 2 unspecified atom stereocenters. The Bertz CT molecular complexity index is 753. The minimum Gasteiger partial charge on any atom is -0.377 e. The van der Waals surface area contributed by atoms with Crippen LogP contribution in [0.5, 0.6) is 0 Å². The number of ether oxygens (including phenoxy) is 1. The van der Waals surface area contributed by atoms with Gasteiger partial charge in [-0.1, -0.05) is 48.5 Å². The Hall–Kier alpha value is -1.69. The van der Waals surface area contributed by atoms with E-state index in [1.54, 1.807) is 12.1 Å². The second-order valence-electron chi connectivity index (χ2n) is 5.82. The van der Waals surface area contributed by atoms with Crippen molar-refractivity contribution in [2.24, 2.45) is 0 Å². The molecule has 1 fully saturated rings. The summed E-state index contributed by atoms with van der Waals surface area (Å²) in [5.41, 5.74) is 1.60. The summed E-state index contributed by atoms with van der Waals surface area (Å²) in [7, 11) is -3.61. The van der Waals surface area contributed by atoms with Crippen molar-refractivity contribution in [1.82, 2.24) is 4.72 Å². The summed E-state index contributed by atoms with van der Waals surface area (Å²) < 4.78 is 34.0. The molecule has 0 bridgehead atoms. The highest BCUT2D eigenvalue weighted by atomic mass is 32.2. The van der Waals surface area contributed by atoms with Crippen LogP contribution in [0.4, 0.5) is 0 Å². The smallest absolute Gasteiger partial charge is 0.241 e. The second-order valence-corrected chi connectivity index (χ2v) is 7.51. The van der Waals surface area contributed by atoms with Crippen LogP contribution in [-0.4, -0.2) is 27.2 Å². The summed E-state index contributed by atoms with van der Waals surface area (Å²) >= 11 is 0. The first-order chi connectivity index (χ1) is 11.1. The van der Waals surface area contributed by atoms with Gasteiger partial charge in [0.05, 0.1) is 11.0 Å². The average Bonchev–Trinajstić information content (AvgIpc) is 3.10. The summed E-state index contributed by atoms with van der Waals surface area (Å²) in [5.74, 6) is 0.